The first-order valence-electron chi connectivity index (χ1n) is 7.26. The van der Waals surface area contributed by atoms with Gasteiger partial charge in [0, 0.05) is 17.6 Å². The first-order valence-corrected chi connectivity index (χ1v) is 8.49. The average Bonchev–Trinajstić information content (AvgIpc) is 2.60. The van der Waals surface area contributed by atoms with Crippen molar-refractivity contribution in [2.24, 2.45) is 0 Å². The van der Waals surface area contributed by atoms with E-state index in [0.717, 1.165) is 0 Å². The topological polar surface area (TPSA) is 93.4 Å². The van der Waals surface area contributed by atoms with Gasteiger partial charge in [0.1, 0.15) is 11.5 Å². The molecule has 1 aliphatic rings. The minimum atomic E-state index is -0.834. The molecule has 25 heavy (non-hydrogen) atoms. The Bertz CT molecular complexity index is 898. The molecule has 0 saturated carbocycles. The Labute approximate surface area is 147 Å². The smallest absolute Gasteiger partial charge is 0.287 e. The van der Waals surface area contributed by atoms with E-state index < -0.39 is 23.1 Å². The lowest BCUT2D eigenvalue weighted by Crippen LogP contribution is -2.34. The van der Waals surface area contributed by atoms with E-state index in [9.17, 15) is 19.1 Å². The number of carbonyl (C=O) groups excluding carboxylic acids is 2. The molecule has 0 aliphatic carbocycles. The van der Waals surface area contributed by atoms with Crippen molar-refractivity contribution in [1.29, 1.82) is 0 Å². The van der Waals surface area contributed by atoms with Gasteiger partial charge in [0.15, 0.2) is 11.3 Å². The summed E-state index contributed by atoms with van der Waals surface area (Å²) in [5.41, 5.74) is 0.531. The van der Waals surface area contributed by atoms with E-state index in [1.807, 2.05) is 0 Å². The maximum atomic E-state index is 13.3. The Morgan fingerprint density at radius 1 is 1.36 bits per heavy atom. The summed E-state index contributed by atoms with van der Waals surface area (Å²) in [7, 11) is 0. The van der Waals surface area contributed by atoms with E-state index in [1.54, 1.807) is 18.4 Å². The Kier molecular flexibility index (Phi) is 4.71. The Hall–Kier alpha value is -2.87. The van der Waals surface area contributed by atoms with Crippen molar-refractivity contribution in [2.45, 2.75) is 11.4 Å². The molecule has 2 aromatic rings. The SMILES string of the molecule is CSc1cc(F)ccc1CNC(=O)C1=C(O)c2ncccc2[N]C1=O. The highest BCUT2D eigenvalue weighted by atomic mass is 32.2. The average molecular weight is 358 g/mol. The van der Waals surface area contributed by atoms with Crippen molar-refractivity contribution >= 4 is 35.0 Å². The summed E-state index contributed by atoms with van der Waals surface area (Å²) >= 11 is 1.34. The molecule has 1 aromatic carbocycles. The monoisotopic (exact) mass is 358 g/mol. The number of halogens is 1. The number of nitrogens with one attached hydrogen (secondary N) is 1. The summed E-state index contributed by atoms with van der Waals surface area (Å²) in [6.07, 6.45) is 3.22. The first-order chi connectivity index (χ1) is 12.0. The molecule has 0 unspecified atom stereocenters. The molecule has 1 radical (unpaired) electrons. The molecule has 2 N–H and O–H groups in total. The molecular formula is C17H13FN3O3S. The van der Waals surface area contributed by atoms with E-state index in [0.29, 0.717) is 10.5 Å². The zero-order chi connectivity index (χ0) is 18.0. The van der Waals surface area contributed by atoms with E-state index in [4.69, 9.17) is 0 Å². The molecule has 0 saturated heterocycles. The van der Waals surface area contributed by atoms with Crippen LogP contribution in [0.15, 0.2) is 47.0 Å². The molecule has 0 atom stereocenters. The molecule has 3 rings (SSSR count). The van der Waals surface area contributed by atoms with Gasteiger partial charge in [-0.2, -0.15) is 0 Å². The van der Waals surface area contributed by atoms with Crippen LogP contribution in [-0.2, 0) is 16.1 Å². The summed E-state index contributed by atoms with van der Waals surface area (Å²) in [4.78, 5) is 29.0. The van der Waals surface area contributed by atoms with Crippen molar-refractivity contribution in [2.75, 3.05) is 6.26 Å². The lowest BCUT2D eigenvalue weighted by molar-refractivity contribution is -0.123. The zero-order valence-corrected chi connectivity index (χ0v) is 13.9. The highest BCUT2D eigenvalue weighted by Crippen LogP contribution is 2.28. The number of benzene rings is 1. The summed E-state index contributed by atoms with van der Waals surface area (Å²) in [6.45, 7) is 0.0778. The van der Waals surface area contributed by atoms with E-state index in [-0.39, 0.29) is 23.7 Å². The van der Waals surface area contributed by atoms with Crippen LogP contribution in [0.4, 0.5) is 10.1 Å². The first kappa shape index (κ1) is 17.0. The second-order valence-electron chi connectivity index (χ2n) is 5.15. The second kappa shape index (κ2) is 6.94. The fourth-order valence-corrected chi connectivity index (χ4v) is 3.02. The fourth-order valence-electron chi connectivity index (χ4n) is 2.39. The van der Waals surface area contributed by atoms with Crippen molar-refractivity contribution in [3.8, 4) is 0 Å². The number of nitrogens with zero attached hydrogens (tertiary/aromatic N) is 2. The Morgan fingerprint density at radius 2 is 2.16 bits per heavy atom. The van der Waals surface area contributed by atoms with Crippen molar-refractivity contribution in [1.82, 2.24) is 15.6 Å². The third-order valence-corrected chi connectivity index (χ3v) is 4.42. The highest BCUT2D eigenvalue weighted by molar-refractivity contribution is 7.98. The number of fused-ring (bicyclic) bond motifs is 1. The van der Waals surface area contributed by atoms with Crippen LogP contribution in [0.2, 0.25) is 0 Å². The summed E-state index contributed by atoms with van der Waals surface area (Å²) in [6, 6.07) is 7.31. The molecule has 2 heterocycles. The van der Waals surface area contributed by atoms with Gasteiger partial charge in [-0.25, -0.2) is 9.71 Å². The molecule has 0 spiro atoms. The molecule has 127 valence electrons. The number of amides is 2. The highest BCUT2D eigenvalue weighted by Gasteiger charge is 2.32. The molecule has 1 aliphatic heterocycles. The van der Waals surface area contributed by atoms with Crippen LogP contribution in [-0.4, -0.2) is 28.2 Å². The molecule has 6 nitrogen and oxygen atoms in total. The second-order valence-corrected chi connectivity index (χ2v) is 6.00. The van der Waals surface area contributed by atoms with Crippen LogP contribution in [0.25, 0.3) is 5.76 Å². The van der Waals surface area contributed by atoms with E-state index in [2.05, 4.69) is 15.6 Å². The van der Waals surface area contributed by atoms with Gasteiger partial charge in [-0.15, -0.1) is 11.8 Å². The van der Waals surface area contributed by atoms with E-state index >= 15 is 0 Å². The number of aliphatic hydroxyl groups is 1. The predicted octanol–water partition coefficient (Wildman–Crippen LogP) is 2.30. The number of pyridine rings is 1. The van der Waals surface area contributed by atoms with Crippen molar-refractivity contribution in [3.63, 3.8) is 0 Å². The third-order valence-electron chi connectivity index (χ3n) is 3.60. The lowest BCUT2D eigenvalue weighted by atomic mass is 10.1. The standard InChI is InChI=1S/C17H13FN3O3S/c1-25-12-7-10(18)5-4-9(12)8-20-16(23)13-15(22)14-11(21-17(13)24)3-2-6-19-14/h2-7,22H,8H2,1H3,(H,20,23). The molecule has 0 bridgehead atoms. The van der Waals surface area contributed by atoms with E-state index in [1.165, 1.54) is 36.2 Å². The van der Waals surface area contributed by atoms with Crippen molar-refractivity contribution in [3.05, 3.63) is 59.2 Å². The van der Waals surface area contributed by atoms with Crippen molar-refractivity contribution < 1.29 is 19.1 Å². The largest absolute Gasteiger partial charge is 0.505 e. The van der Waals surface area contributed by atoms with Crippen LogP contribution < -0.4 is 10.6 Å². The maximum absolute atomic E-state index is 13.3. The number of hydrogen-bond acceptors (Lipinski definition) is 5. The van der Waals surface area contributed by atoms with Gasteiger partial charge in [-0.3, -0.25) is 14.6 Å². The lowest BCUT2D eigenvalue weighted by Gasteiger charge is -2.17. The fraction of sp³-hybridized carbons (Fsp3) is 0.118. The van der Waals surface area contributed by atoms with Crippen LogP contribution in [0.5, 0.6) is 0 Å². The minimum Gasteiger partial charge on any atom is -0.505 e. The summed E-state index contributed by atoms with van der Waals surface area (Å²) in [5.74, 6) is -2.47. The maximum Gasteiger partial charge on any atom is 0.287 e. The minimum absolute atomic E-state index is 0.0778. The van der Waals surface area contributed by atoms with Crippen LogP contribution in [0, 0.1) is 5.82 Å². The summed E-state index contributed by atoms with van der Waals surface area (Å²) in [5, 5.41) is 16.5. The number of carbonyl (C=O) groups is 2. The van der Waals surface area contributed by atoms with Gasteiger partial charge in [0.25, 0.3) is 11.8 Å². The number of aromatic nitrogens is 1. The van der Waals surface area contributed by atoms with Crippen LogP contribution in [0.1, 0.15) is 11.3 Å². The van der Waals surface area contributed by atoms with Gasteiger partial charge >= 0.3 is 0 Å². The van der Waals surface area contributed by atoms with Gasteiger partial charge in [0.2, 0.25) is 0 Å². The number of thioether (sulfide) groups is 1. The molecule has 8 heteroatoms. The molecule has 0 fully saturated rings. The zero-order valence-electron chi connectivity index (χ0n) is 13.1. The Balaban J connectivity index is 1.83. The molecule has 1 aromatic heterocycles. The van der Waals surface area contributed by atoms with Gasteiger partial charge in [-0.1, -0.05) is 6.07 Å². The molecular weight excluding hydrogens is 345 g/mol. The Morgan fingerprint density at radius 3 is 2.92 bits per heavy atom. The van der Waals surface area contributed by atoms with Gasteiger partial charge in [-0.05, 0) is 36.1 Å². The predicted molar refractivity (Wildman–Crippen MR) is 90.6 cm³/mol. The summed E-state index contributed by atoms with van der Waals surface area (Å²) < 4.78 is 13.3. The van der Waals surface area contributed by atoms with Crippen LogP contribution in [0.3, 0.4) is 0 Å². The number of aliphatic hydroxyl groups excluding tert-OH is 1. The quantitative estimate of drug-likeness (QED) is 0.646. The van der Waals surface area contributed by atoms with Gasteiger partial charge in [0.05, 0.1) is 5.69 Å². The normalized spacial score (nSPS) is 13.3. The van der Waals surface area contributed by atoms with Crippen LogP contribution >= 0.6 is 11.8 Å². The van der Waals surface area contributed by atoms with Gasteiger partial charge < -0.3 is 10.4 Å². The molecule has 2 amide bonds. The third kappa shape index (κ3) is 3.34. The number of rotatable bonds is 4. The number of hydrogen-bond donors (Lipinski definition) is 2.